The molecule has 0 radical (unpaired) electrons. The Labute approximate surface area is 106 Å². The normalized spacial score (nSPS) is 10.0. The Morgan fingerprint density at radius 2 is 1.67 bits per heavy atom. The maximum Gasteiger partial charge on any atom is 0.217 e. The van der Waals surface area contributed by atoms with E-state index in [1.807, 2.05) is 54.6 Å². The fourth-order valence-electron chi connectivity index (χ4n) is 1.68. The standard InChI is InChI=1S/C15H15NO2/c16-15(17)11-10-12-6-4-5-9-14(12)18-13-7-2-1-3-8-13/h1-9H,10-11H2,(H2,16,17). The number of hydrogen-bond acceptors (Lipinski definition) is 2. The Balaban J connectivity index is 2.14. The summed E-state index contributed by atoms with van der Waals surface area (Å²) in [6, 6.07) is 17.2. The van der Waals surface area contributed by atoms with Crippen molar-refractivity contribution in [2.24, 2.45) is 5.73 Å². The number of carbonyl (C=O) groups excluding carboxylic acids is 1. The highest BCUT2D eigenvalue weighted by Gasteiger charge is 2.05. The van der Waals surface area contributed by atoms with Crippen molar-refractivity contribution in [1.82, 2.24) is 0 Å². The molecule has 0 aliphatic rings. The maximum atomic E-state index is 10.8. The second kappa shape index (κ2) is 5.87. The summed E-state index contributed by atoms with van der Waals surface area (Å²) in [7, 11) is 0. The zero-order valence-electron chi connectivity index (χ0n) is 10.0. The zero-order valence-corrected chi connectivity index (χ0v) is 10.0. The molecule has 0 saturated carbocycles. The lowest BCUT2D eigenvalue weighted by atomic mass is 10.1. The monoisotopic (exact) mass is 241 g/mol. The number of rotatable bonds is 5. The van der Waals surface area contributed by atoms with Gasteiger partial charge in [0.05, 0.1) is 0 Å². The van der Waals surface area contributed by atoms with E-state index in [0.29, 0.717) is 12.8 Å². The van der Waals surface area contributed by atoms with Crippen LogP contribution in [0.3, 0.4) is 0 Å². The second-order valence-corrected chi connectivity index (χ2v) is 3.99. The highest BCUT2D eigenvalue weighted by molar-refractivity contribution is 5.74. The van der Waals surface area contributed by atoms with Crippen LogP contribution in [0.1, 0.15) is 12.0 Å². The van der Waals surface area contributed by atoms with Gasteiger partial charge in [0.25, 0.3) is 0 Å². The summed E-state index contributed by atoms with van der Waals surface area (Å²) in [4.78, 5) is 10.8. The predicted octanol–water partition coefficient (Wildman–Crippen LogP) is 2.90. The van der Waals surface area contributed by atoms with Crippen molar-refractivity contribution in [2.45, 2.75) is 12.8 Å². The van der Waals surface area contributed by atoms with Crippen molar-refractivity contribution >= 4 is 5.91 Å². The van der Waals surface area contributed by atoms with Crippen LogP contribution in [-0.4, -0.2) is 5.91 Å². The fourth-order valence-corrected chi connectivity index (χ4v) is 1.68. The minimum absolute atomic E-state index is 0.301. The summed E-state index contributed by atoms with van der Waals surface area (Å²) in [5, 5.41) is 0. The maximum absolute atomic E-state index is 10.8. The van der Waals surface area contributed by atoms with Crippen molar-refractivity contribution in [3.63, 3.8) is 0 Å². The van der Waals surface area contributed by atoms with Crippen LogP contribution in [0.15, 0.2) is 54.6 Å². The van der Waals surface area contributed by atoms with E-state index in [9.17, 15) is 4.79 Å². The van der Waals surface area contributed by atoms with E-state index in [4.69, 9.17) is 10.5 Å². The van der Waals surface area contributed by atoms with Gasteiger partial charge in [-0.1, -0.05) is 36.4 Å². The van der Waals surface area contributed by atoms with Crippen LogP contribution in [0, 0.1) is 0 Å². The Morgan fingerprint density at radius 3 is 2.39 bits per heavy atom. The molecule has 0 aliphatic carbocycles. The molecule has 1 amide bonds. The molecular formula is C15H15NO2. The molecule has 2 aromatic carbocycles. The van der Waals surface area contributed by atoms with Gasteiger partial charge in [-0.15, -0.1) is 0 Å². The summed E-state index contributed by atoms with van der Waals surface area (Å²) in [6.07, 6.45) is 0.924. The molecule has 18 heavy (non-hydrogen) atoms. The van der Waals surface area contributed by atoms with Crippen molar-refractivity contribution in [2.75, 3.05) is 0 Å². The lowest BCUT2D eigenvalue weighted by Gasteiger charge is -2.10. The van der Waals surface area contributed by atoms with Crippen LogP contribution in [0.2, 0.25) is 0 Å². The van der Waals surface area contributed by atoms with Crippen molar-refractivity contribution < 1.29 is 9.53 Å². The molecule has 0 fully saturated rings. The SMILES string of the molecule is NC(=O)CCc1ccccc1Oc1ccccc1. The Bertz CT molecular complexity index is 523. The minimum Gasteiger partial charge on any atom is -0.457 e. The fraction of sp³-hybridized carbons (Fsp3) is 0.133. The summed E-state index contributed by atoms with van der Waals surface area (Å²) in [5.74, 6) is 1.25. The summed E-state index contributed by atoms with van der Waals surface area (Å²) in [5.41, 5.74) is 6.15. The van der Waals surface area contributed by atoms with Crippen LogP contribution in [-0.2, 0) is 11.2 Å². The lowest BCUT2D eigenvalue weighted by molar-refractivity contribution is -0.117. The van der Waals surface area contributed by atoms with Gasteiger partial charge >= 0.3 is 0 Å². The molecule has 2 aromatic rings. The first-order valence-corrected chi connectivity index (χ1v) is 5.85. The Morgan fingerprint density at radius 1 is 1.00 bits per heavy atom. The molecule has 0 atom stereocenters. The van der Waals surface area contributed by atoms with Crippen LogP contribution >= 0.6 is 0 Å². The first-order chi connectivity index (χ1) is 8.75. The molecule has 2 N–H and O–H groups in total. The third kappa shape index (κ3) is 3.35. The van der Waals surface area contributed by atoms with Gasteiger partial charge in [0, 0.05) is 6.42 Å². The number of hydrogen-bond donors (Lipinski definition) is 1. The number of amides is 1. The molecule has 0 bridgehead atoms. The highest BCUT2D eigenvalue weighted by atomic mass is 16.5. The third-order valence-electron chi connectivity index (χ3n) is 2.58. The molecular weight excluding hydrogens is 226 g/mol. The molecule has 0 heterocycles. The topological polar surface area (TPSA) is 52.3 Å². The summed E-state index contributed by atoms with van der Waals surface area (Å²) < 4.78 is 5.79. The average molecular weight is 241 g/mol. The van der Waals surface area contributed by atoms with Gasteiger partial charge in [0.15, 0.2) is 0 Å². The molecule has 3 heteroatoms. The number of primary amides is 1. The predicted molar refractivity (Wildman–Crippen MR) is 70.5 cm³/mol. The van der Waals surface area contributed by atoms with E-state index in [1.54, 1.807) is 0 Å². The molecule has 0 aliphatic heterocycles. The van der Waals surface area contributed by atoms with Crippen LogP contribution in [0.4, 0.5) is 0 Å². The molecule has 0 aromatic heterocycles. The van der Waals surface area contributed by atoms with Crippen molar-refractivity contribution in [3.05, 3.63) is 60.2 Å². The first-order valence-electron chi connectivity index (χ1n) is 5.85. The zero-order chi connectivity index (χ0) is 12.8. The van der Waals surface area contributed by atoms with Gasteiger partial charge < -0.3 is 10.5 Å². The molecule has 0 saturated heterocycles. The van der Waals surface area contributed by atoms with Gasteiger partial charge in [0.1, 0.15) is 11.5 Å². The van der Waals surface area contributed by atoms with Crippen molar-refractivity contribution in [3.8, 4) is 11.5 Å². The lowest BCUT2D eigenvalue weighted by Crippen LogP contribution is -2.11. The van der Waals surface area contributed by atoms with E-state index in [0.717, 1.165) is 17.1 Å². The van der Waals surface area contributed by atoms with Crippen LogP contribution in [0.25, 0.3) is 0 Å². The Kier molecular flexibility index (Phi) is 3.97. The van der Waals surface area contributed by atoms with Gasteiger partial charge in [-0.3, -0.25) is 4.79 Å². The van der Waals surface area contributed by atoms with Crippen LogP contribution < -0.4 is 10.5 Å². The van der Waals surface area contributed by atoms with E-state index in [-0.39, 0.29) is 5.91 Å². The second-order valence-electron chi connectivity index (χ2n) is 3.99. The van der Waals surface area contributed by atoms with E-state index in [2.05, 4.69) is 0 Å². The number of aryl methyl sites for hydroxylation is 1. The van der Waals surface area contributed by atoms with E-state index >= 15 is 0 Å². The number of ether oxygens (including phenoxy) is 1. The number of benzene rings is 2. The largest absolute Gasteiger partial charge is 0.457 e. The quantitative estimate of drug-likeness (QED) is 0.875. The number of nitrogens with two attached hydrogens (primary N) is 1. The molecule has 0 unspecified atom stereocenters. The third-order valence-corrected chi connectivity index (χ3v) is 2.58. The molecule has 92 valence electrons. The van der Waals surface area contributed by atoms with E-state index < -0.39 is 0 Å². The summed E-state index contributed by atoms with van der Waals surface area (Å²) in [6.45, 7) is 0. The van der Waals surface area contributed by atoms with Gasteiger partial charge in [-0.25, -0.2) is 0 Å². The highest BCUT2D eigenvalue weighted by Crippen LogP contribution is 2.25. The smallest absolute Gasteiger partial charge is 0.217 e. The minimum atomic E-state index is -0.301. The molecule has 2 rings (SSSR count). The molecule has 0 spiro atoms. The van der Waals surface area contributed by atoms with Crippen LogP contribution in [0.5, 0.6) is 11.5 Å². The van der Waals surface area contributed by atoms with Gasteiger partial charge in [-0.05, 0) is 30.2 Å². The van der Waals surface area contributed by atoms with Crippen molar-refractivity contribution in [1.29, 1.82) is 0 Å². The van der Waals surface area contributed by atoms with Gasteiger partial charge in [-0.2, -0.15) is 0 Å². The first kappa shape index (κ1) is 12.2. The average Bonchev–Trinajstić information content (AvgIpc) is 2.39. The number of carbonyl (C=O) groups is 1. The van der Waals surface area contributed by atoms with E-state index in [1.165, 1.54) is 0 Å². The van der Waals surface area contributed by atoms with Gasteiger partial charge in [0.2, 0.25) is 5.91 Å². The number of para-hydroxylation sites is 2. The molecule has 3 nitrogen and oxygen atoms in total. The Hall–Kier alpha value is -2.29. The summed E-state index contributed by atoms with van der Waals surface area (Å²) >= 11 is 0.